The predicted octanol–water partition coefficient (Wildman–Crippen LogP) is 3.35. The van der Waals surface area contributed by atoms with Crippen LogP contribution >= 0.6 is 0 Å². The van der Waals surface area contributed by atoms with E-state index in [0.29, 0.717) is 30.6 Å². The number of piperidine rings is 1. The molecule has 0 aromatic heterocycles. The number of ketones is 1. The Bertz CT molecular complexity index is 1210. The monoisotopic (exact) mass is 474 g/mol. The number of carbonyl (C=O) groups excluding carboxylic acids is 3. The average Bonchev–Trinajstić information content (AvgIpc) is 3.45. The van der Waals surface area contributed by atoms with Crippen molar-refractivity contribution in [1.29, 1.82) is 0 Å². The first-order chi connectivity index (χ1) is 17.0. The van der Waals surface area contributed by atoms with Gasteiger partial charge in [-0.3, -0.25) is 14.5 Å². The second kappa shape index (κ2) is 7.92. The molecule has 2 aromatic carbocycles. The second-order valence-corrected chi connectivity index (χ2v) is 10.3. The van der Waals surface area contributed by atoms with Crippen molar-refractivity contribution in [1.82, 2.24) is 4.90 Å². The van der Waals surface area contributed by atoms with Gasteiger partial charge >= 0.3 is 5.97 Å². The van der Waals surface area contributed by atoms with Crippen LogP contribution < -0.4 is 9.64 Å². The lowest BCUT2D eigenvalue weighted by atomic mass is 9.51. The van der Waals surface area contributed by atoms with Crippen molar-refractivity contribution in [2.75, 3.05) is 32.2 Å². The summed E-state index contributed by atoms with van der Waals surface area (Å²) in [4.78, 5) is 44.7. The number of methoxy groups -OCH3 is 2. The van der Waals surface area contributed by atoms with Gasteiger partial charge in [0.25, 0.3) is 5.91 Å². The standard InChI is InChI=1S/C28H30N2O5/c1-34-20-11-6-10-19-22(20)30(24(32)18-8-4-3-5-9-18)21-12-14-27(23(31)25(33)35-2)13-7-16-29-17-15-28(19,21)26(27)29/h3-6,8-11,21,26H,7,12-17H2,1-2H3. The molecule has 3 fully saturated rings. The smallest absolute Gasteiger partial charge is 0.374 e. The molecule has 3 aliphatic heterocycles. The van der Waals surface area contributed by atoms with Crippen LogP contribution in [0.4, 0.5) is 5.69 Å². The second-order valence-electron chi connectivity index (χ2n) is 10.3. The number of para-hydroxylation sites is 1. The molecule has 6 rings (SSSR count). The van der Waals surface area contributed by atoms with Gasteiger partial charge in [-0.2, -0.15) is 0 Å². The highest BCUT2D eigenvalue weighted by molar-refractivity contribution is 6.36. The maximum absolute atomic E-state index is 14.0. The minimum absolute atomic E-state index is 0.0562. The summed E-state index contributed by atoms with van der Waals surface area (Å²) in [5.74, 6) is -0.561. The van der Waals surface area contributed by atoms with E-state index < -0.39 is 22.6 Å². The van der Waals surface area contributed by atoms with E-state index in [0.717, 1.165) is 37.2 Å². The molecule has 1 saturated carbocycles. The molecule has 3 heterocycles. The number of fused-ring (bicyclic) bond motifs is 1. The minimum atomic E-state index is -0.801. The molecule has 4 aliphatic rings. The predicted molar refractivity (Wildman–Crippen MR) is 130 cm³/mol. The molecule has 0 radical (unpaired) electrons. The molecule has 7 heteroatoms. The topological polar surface area (TPSA) is 76.2 Å². The number of carbonyl (C=O) groups is 3. The molecular formula is C28H30N2O5. The van der Waals surface area contributed by atoms with Gasteiger partial charge in [-0.05, 0) is 69.0 Å². The van der Waals surface area contributed by atoms with Crippen LogP contribution in [0.5, 0.6) is 5.75 Å². The van der Waals surface area contributed by atoms with Crippen molar-refractivity contribution in [3.8, 4) is 5.75 Å². The Labute approximate surface area is 205 Å². The molecular weight excluding hydrogens is 444 g/mol. The summed E-state index contributed by atoms with van der Waals surface area (Å²) < 4.78 is 10.7. The summed E-state index contributed by atoms with van der Waals surface area (Å²) in [6.45, 7) is 1.72. The molecule has 35 heavy (non-hydrogen) atoms. The SMILES string of the molecule is COC(=O)C(=O)C12CCCN3CCC4(c5cccc(OC)c5N(C(=O)c5ccccc5)C4CC1)C32. The Hall–Kier alpha value is -3.19. The zero-order valence-corrected chi connectivity index (χ0v) is 20.2. The first-order valence-electron chi connectivity index (χ1n) is 12.4. The Morgan fingerprint density at radius 2 is 1.74 bits per heavy atom. The van der Waals surface area contributed by atoms with Crippen LogP contribution in [-0.2, 0) is 19.7 Å². The Morgan fingerprint density at radius 3 is 2.49 bits per heavy atom. The summed E-state index contributed by atoms with van der Waals surface area (Å²) in [5.41, 5.74) is 1.24. The van der Waals surface area contributed by atoms with Crippen molar-refractivity contribution in [3.63, 3.8) is 0 Å². The van der Waals surface area contributed by atoms with Crippen LogP contribution in [0.15, 0.2) is 48.5 Å². The van der Waals surface area contributed by atoms with Crippen LogP contribution in [0, 0.1) is 5.41 Å². The van der Waals surface area contributed by atoms with E-state index in [9.17, 15) is 14.4 Å². The summed E-state index contributed by atoms with van der Waals surface area (Å²) in [7, 11) is 2.91. The van der Waals surface area contributed by atoms with Crippen molar-refractivity contribution >= 4 is 23.3 Å². The number of anilines is 1. The third-order valence-corrected chi connectivity index (χ3v) is 9.05. The minimum Gasteiger partial charge on any atom is -0.495 e. The number of rotatable bonds is 4. The molecule has 2 saturated heterocycles. The van der Waals surface area contributed by atoms with Gasteiger partial charge < -0.3 is 14.4 Å². The van der Waals surface area contributed by atoms with E-state index >= 15 is 0 Å². The van der Waals surface area contributed by atoms with Crippen molar-refractivity contribution < 1.29 is 23.9 Å². The summed E-state index contributed by atoms with van der Waals surface area (Å²) in [6, 6.07) is 15.0. The largest absolute Gasteiger partial charge is 0.495 e. The van der Waals surface area contributed by atoms with E-state index in [-0.39, 0.29) is 18.0 Å². The highest BCUT2D eigenvalue weighted by Gasteiger charge is 2.71. The molecule has 4 atom stereocenters. The number of hydrogen-bond donors (Lipinski definition) is 0. The molecule has 0 N–H and O–H groups in total. The first kappa shape index (κ1) is 22.3. The molecule has 7 nitrogen and oxygen atoms in total. The van der Waals surface area contributed by atoms with Crippen LogP contribution in [0.3, 0.4) is 0 Å². The zero-order chi connectivity index (χ0) is 24.4. The van der Waals surface area contributed by atoms with Gasteiger partial charge in [0, 0.05) is 23.1 Å². The van der Waals surface area contributed by atoms with E-state index in [1.54, 1.807) is 7.11 Å². The number of hydrogen-bond acceptors (Lipinski definition) is 6. The Kier molecular flexibility index (Phi) is 5.04. The van der Waals surface area contributed by atoms with Crippen LogP contribution in [0.1, 0.15) is 48.0 Å². The van der Waals surface area contributed by atoms with E-state index in [2.05, 4.69) is 11.0 Å². The Morgan fingerprint density at radius 1 is 0.943 bits per heavy atom. The first-order valence-corrected chi connectivity index (χ1v) is 12.4. The molecule has 1 amide bonds. The van der Waals surface area contributed by atoms with Gasteiger partial charge in [0.1, 0.15) is 5.75 Å². The van der Waals surface area contributed by atoms with Crippen LogP contribution in [0.2, 0.25) is 0 Å². The maximum Gasteiger partial charge on any atom is 0.374 e. The fourth-order valence-electron chi connectivity index (χ4n) is 7.90. The highest BCUT2D eigenvalue weighted by Crippen LogP contribution is 2.66. The fraction of sp³-hybridized carbons (Fsp3) is 0.464. The van der Waals surface area contributed by atoms with E-state index in [1.807, 2.05) is 47.4 Å². The molecule has 4 unspecified atom stereocenters. The van der Waals surface area contributed by atoms with Crippen LogP contribution in [0.25, 0.3) is 0 Å². The summed E-state index contributed by atoms with van der Waals surface area (Å²) >= 11 is 0. The number of esters is 1. The van der Waals surface area contributed by atoms with E-state index in [4.69, 9.17) is 9.47 Å². The number of ether oxygens (including phenoxy) is 2. The molecule has 182 valence electrons. The van der Waals surface area contributed by atoms with Crippen molar-refractivity contribution in [2.24, 2.45) is 5.41 Å². The normalized spacial score (nSPS) is 30.7. The third-order valence-electron chi connectivity index (χ3n) is 9.05. The average molecular weight is 475 g/mol. The van der Waals surface area contributed by atoms with Crippen LogP contribution in [-0.4, -0.2) is 62.0 Å². The molecule has 0 bridgehead atoms. The van der Waals surface area contributed by atoms with Gasteiger partial charge in [-0.1, -0.05) is 30.3 Å². The lowest BCUT2D eigenvalue weighted by Crippen LogP contribution is -2.68. The summed E-state index contributed by atoms with van der Waals surface area (Å²) in [6.07, 6.45) is 3.57. The van der Waals surface area contributed by atoms with Gasteiger partial charge in [0.05, 0.1) is 25.3 Å². The molecule has 1 aliphatic carbocycles. The highest BCUT2D eigenvalue weighted by atomic mass is 16.5. The lowest BCUT2D eigenvalue weighted by molar-refractivity contribution is -0.163. The van der Waals surface area contributed by atoms with Crippen molar-refractivity contribution in [2.45, 2.75) is 49.6 Å². The number of Topliss-reactive ketones (excluding diaryl/α,β-unsaturated/α-hetero) is 1. The van der Waals surface area contributed by atoms with E-state index in [1.165, 1.54) is 7.11 Å². The van der Waals surface area contributed by atoms with Gasteiger partial charge in [0.15, 0.2) is 0 Å². The fourth-order valence-corrected chi connectivity index (χ4v) is 7.90. The number of benzene rings is 2. The zero-order valence-electron chi connectivity index (χ0n) is 20.2. The van der Waals surface area contributed by atoms with Gasteiger partial charge in [-0.15, -0.1) is 0 Å². The third kappa shape index (κ3) is 2.79. The van der Waals surface area contributed by atoms with Gasteiger partial charge in [0.2, 0.25) is 5.78 Å². The molecule has 1 spiro atoms. The van der Waals surface area contributed by atoms with Gasteiger partial charge in [-0.25, -0.2) is 4.79 Å². The Balaban J connectivity index is 1.57. The summed E-state index contributed by atoms with van der Waals surface area (Å²) in [5, 5.41) is 0. The molecule has 2 aromatic rings. The van der Waals surface area contributed by atoms with Crippen molar-refractivity contribution in [3.05, 3.63) is 59.7 Å². The number of amides is 1. The maximum atomic E-state index is 14.0. The lowest BCUT2D eigenvalue weighted by Gasteiger charge is -2.57. The number of nitrogens with zero attached hydrogens (tertiary/aromatic N) is 2. The quantitative estimate of drug-likeness (QED) is 0.500.